The molecule has 2 atom stereocenters. The molecule has 0 bridgehead atoms. The van der Waals surface area contributed by atoms with Crippen LogP contribution in [-0.2, 0) is 6.42 Å². The predicted octanol–water partition coefficient (Wildman–Crippen LogP) is 2.03. The summed E-state index contributed by atoms with van der Waals surface area (Å²) in [5.74, 6) is 0.744. The van der Waals surface area contributed by atoms with E-state index in [-0.39, 0.29) is 18.4 Å². The van der Waals surface area contributed by atoms with Crippen LogP contribution in [0.3, 0.4) is 0 Å². The third kappa shape index (κ3) is 3.59. The van der Waals surface area contributed by atoms with Gasteiger partial charge in [0.05, 0.1) is 0 Å². The lowest BCUT2D eigenvalue weighted by atomic mass is 9.96. The van der Waals surface area contributed by atoms with Gasteiger partial charge in [0, 0.05) is 37.7 Å². The summed E-state index contributed by atoms with van der Waals surface area (Å²) >= 11 is 0. The third-order valence-electron chi connectivity index (χ3n) is 5.42. The van der Waals surface area contributed by atoms with Crippen LogP contribution in [-0.4, -0.2) is 60.1 Å². The Morgan fingerprint density at radius 3 is 2.57 bits per heavy atom. The highest BCUT2D eigenvalue weighted by Gasteiger charge is 2.36. The lowest BCUT2D eigenvalue weighted by molar-refractivity contribution is 0.0778. The van der Waals surface area contributed by atoms with Gasteiger partial charge in [-0.2, -0.15) is 0 Å². The molecule has 2 heterocycles. The lowest BCUT2D eigenvalue weighted by Crippen LogP contribution is -2.33. The first-order valence-electron chi connectivity index (χ1n) is 8.93. The van der Waals surface area contributed by atoms with Gasteiger partial charge in [0.15, 0.2) is 0 Å². The minimum Gasteiger partial charge on any atom is -0.396 e. The molecule has 1 aromatic rings. The van der Waals surface area contributed by atoms with E-state index in [2.05, 4.69) is 11.8 Å². The molecule has 0 radical (unpaired) electrons. The highest BCUT2D eigenvalue weighted by molar-refractivity contribution is 5.95. The Morgan fingerprint density at radius 2 is 1.87 bits per heavy atom. The van der Waals surface area contributed by atoms with Crippen LogP contribution in [0.25, 0.3) is 0 Å². The van der Waals surface area contributed by atoms with Gasteiger partial charge in [-0.05, 0) is 49.9 Å². The van der Waals surface area contributed by atoms with E-state index in [1.54, 1.807) is 0 Å². The van der Waals surface area contributed by atoms with E-state index in [0.29, 0.717) is 12.5 Å². The number of nitrogens with zero attached hydrogens (tertiary/aromatic N) is 2. The highest BCUT2D eigenvalue weighted by Crippen LogP contribution is 2.27. The number of likely N-dealkylation sites (tertiary alicyclic amines) is 2. The van der Waals surface area contributed by atoms with Crippen molar-refractivity contribution in [2.45, 2.75) is 26.2 Å². The molecule has 4 heteroatoms. The molecule has 0 saturated carbocycles. The molecule has 2 saturated heterocycles. The number of benzene rings is 1. The van der Waals surface area contributed by atoms with Gasteiger partial charge in [0.1, 0.15) is 0 Å². The van der Waals surface area contributed by atoms with Crippen molar-refractivity contribution in [3.63, 3.8) is 0 Å². The van der Waals surface area contributed by atoms with E-state index in [1.807, 2.05) is 29.2 Å². The Kier molecular flexibility index (Phi) is 5.34. The zero-order chi connectivity index (χ0) is 16.2. The van der Waals surface area contributed by atoms with Crippen LogP contribution in [0, 0.1) is 11.8 Å². The Morgan fingerprint density at radius 1 is 1.17 bits per heavy atom. The molecule has 2 aliphatic rings. The summed E-state index contributed by atoms with van der Waals surface area (Å²) < 4.78 is 0. The van der Waals surface area contributed by atoms with Crippen molar-refractivity contribution in [3.05, 3.63) is 35.4 Å². The van der Waals surface area contributed by atoms with Crippen LogP contribution in [0.4, 0.5) is 0 Å². The van der Waals surface area contributed by atoms with Crippen molar-refractivity contribution >= 4 is 5.91 Å². The molecule has 2 aliphatic heterocycles. The number of rotatable bonds is 5. The average Bonchev–Trinajstić information content (AvgIpc) is 3.24. The van der Waals surface area contributed by atoms with Crippen LogP contribution in [0.15, 0.2) is 24.3 Å². The third-order valence-corrected chi connectivity index (χ3v) is 5.42. The van der Waals surface area contributed by atoms with Gasteiger partial charge >= 0.3 is 0 Å². The standard InChI is InChI=1S/C19H28N2O2/c1-2-15-7-3-4-8-18(15)19(23)21-12-16(17(13-21)14-22)11-20-9-5-6-10-20/h3-4,7-8,16-17,22H,2,5-6,9-14H2,1H3/t16-,17-/m1/s1. The first-order chi connectivity index (χ1) is 11.2. The zero-order valence-electron chi connectivity index (χ0n) is 14.1. The molecule has 0 spiro atoms. The second-order valence-electron chi connectivity index (χ2n) is 6.93. The molecule has 1 aromatic carbocycles. The van der Waals surface area contributed by atoms with Crippen molar-refractivity contribution in [2.75, 3.05) is 39.3 Å². The van der Waals surface area contributed by atoms with Crippen LogP contribution in [0.5, 0.6) is 0 Å². The van der Waals surface area contributed by atoms with Crippen LogP contribution in [0.1, 0.15) is 35.7 Å². The van der Waals surface area contributed by atoms with E-state index < -0.39 is 0 Å². The fourth-order valence-electron chi connectivity index (χ4n) is 4.02. The number of carbonyl (C=O) groups is 1. The molecular weight excluding hydrogens is 288 g/mol. The number of aliphatic hydroxyl groups is 1. The molecule has 4 nitrogen and oxygen atoms in total. The topological polar surface area (TPSA) is 43.8 Å². The number of aliphatic hydroxyl groups excluding tert-OH is 1. The van der Waals surface area contributed by atoms with Gasteiger partial charge in [-0.25, -0.2) is 0 Å². The van der Waals surface area contributed by atoms with Crippen molar-refractivity contribution in [3.8, 4) is 0 Å². The van der Waals surface area contributed by atoms with E-state index in [1.165, 1.54) is 25.9 Å². The molecule has 0 unspecified atom stereocenters. The quantitative estimate of drug-likeness (QED) is 0.904. The molecule has 0 aromatic heterocycles. The van der Waals surface area contributed by atoms with E-state index in [0.717, 1.165) is 30.6 Å². The summed E-state index contributed by atoms with van der Waals surface area (Å²) in [6.45, 7) is 7.08. The van der Waals surface area contributed by atoms with Crippen molar-refractivity contribution in [1.29, 1.82) is 0 Å². The number of hydrogen-bond donors (Lipinski definition) is 1. The monoisotopic (exact) mass is 316 g/mol. The Labute approximate surface area is 139 Å². The van der Waals surface area contributed by atoms with Crippen molar-refractivity contribution < 1.29 is 9.90 Å². The van der Waals surface area contributed by atoms with Gasteiger partial charge in [0.25, 0.3) is 5.91 Å². The second-order valence-corrected chi connectivity index (χ2v) is 6.93. The summed E-state index contributed by atoms with van der Waals surface area (Å²) in [6, 6.07) is 7.90. The summed E-state index contributed by atoms with van der Waals surface area (Å²) in [6.07, 6.45) is 3.43. The van der Waals surface area contributed by atoms with Crippen molar-refractivity contribution in [1.82, 2.24) is 9.80 Å². The molecular formula is C19H28N2O2. The summed E-state index contributed by atoms with van der Waals surface area (Å²) in [7, 11) is 0. The van der Waals surface area contributed by atoms with Crippen LogP contribution < -0.4 is 0 Å². The predicted molar refractivity (Wildman–Crippen MR) is 91.5 cm³/mol. The maximum absolute atomic E-state index is 12.9. The lowest BCUT2D eigenvalue weighted by Gasteiger charge is -2.23. The Balaban J connectivity index is 1.69. The molecule has 0 aliphatic carbocycles. The minimum atomic E-state index is 0.129. The van der Waals surface area contributed by atoms with Gasteiger partial charge in [0.2, 0.25) is 0 Å². The van der Waals surface area contributed by atoms with E-state index >= 15 is 0 Å². The maximum Gasteiger partial charge on any atom is 0.254 e. The first kappa shape index (κ1) is 16.5. The van der Waals surface area contributed by atoms with Crippen LogP contribution >= 0.6 is 0 Å². The van der Waals surface area contributed by atoms with Gasteiger partial charge in [-0.1, -0.05) is 25.1 Å². The highest BCUT2D eigenvalue weighted by atomic mass is 16.3. The summed E-state index contributed by atoms with van der Waals surface area (Å²) in [4.78, 5) is 17.3. The molecule has 3 rings (SSSR count). The van der Waals surface area contributed by atoms with E-state index in [9.17, 15) is 9.90 Å². The number of carbonyl (C=O) groups excluding carboxylic acids is 1. The minimum absolute atomic E-state index is 0.129. The number of amides is 1. The average molecular weight is 316 g/mol. The van der Waals surface area contributed by atoms with Crippen LogP contribution in [0.2, 0.25) is 0 Å². The SMILES string of the molecule is CCc1ccccc1C(=O)N1C[C@@H](CN2CCCC2)[C@@H](CO)C1. The van der Waals surface area contributed by atoms with Gasteiger partial charge in [-0.15, -0.1) is 0 Å². The zero-order valence-corrected chi connectivity index (χ0v) is 14.1. The fraction of sp³-hybridized carbons (Fsp3) is 0.632. The fourth-order valence-corrected chi connectivity index (χ4v) is 4.02. The van der Waals surface area contributed by atoms with Gasteiger partial charge in [-0.3, -0.25) is 4.79 Å². The Bertz CT molecular complexity index is 540. The molecule has 1 amide bonds. The largest absolute Gasteiger partial charge is 0.396 e. The van der Waals surface area contributed by atoms with E-state index in [4.69, 9.17) is 0 Å². The number of aryl methyl sites for hydroxylation is 1. The second kappa shape index (κ2) is 7.45. The summed E-state index contributed by atoms with van der Waals surface area (Å²) in [5.41, 5.74) is 1.94. The number of hydrogen-bond acceptors (Lipinski definition) is 3. The maximum atomic E-state index is 12.9. The Hall–Kier alpha value is -1.39. The molecule has 126 valence electrons. The summed E-state index contributed by atoms with van der Waals surface area (Å²) in [5, 5.41) is 9.72. The van der Waals surface area contributed by atoms with Crippen molar-refractivity contribution in [2.24, 2.45) is 11.8 Å². The first-order valence-corrected chi connectivity index (χ1v) is 8.93. The van der Waals surface area contributed by atoms with Gasteiger partial charge < -0.3 is 14.9 Å². The molecule has 1 N–H and O–H groups in total. The normalized spacial score (nSPS) is 25.2. The molecule has 23 heavy (non-hydrogen) atoms. The molecule has 2 fully saturated rings. The smallest absolute Gasteiger partial charge is 0.254 e.